The second-order valence-electron chi connectivity index (χ2n) is 6.53. The van der Waals surface area contributed by atoms with E-state index in [1.54, 1.807) is 7.05 Å². The van der Waals surface area contributed by atoms with Crippen LogP contribution in [0.2, 0.25) is 0 Å². The summed E-state index contributed by atoms with van der Waals surface area (Å²) in [4.78, 5) is 24.7. The Morgan fingerprint density at radius 1 is 1.18 bits per heavy atom. The maximum absolute atomic E-state index is 13.5. The minimum absolute atomic E-state index is 0.0330. The lowest BCUT2D eigenvalue weighted by Crippen LogP contribution is -2.25. The van der Waals surface area contributed by atoms with Crippen LogP contribution in [0.1, 0.15) is 33.8 Å². The van der Waals surface area contributed by atoms with Gasteiger partial charge in [-0.15, -0.1) is 0 Å². The molecule has 1 aliphatic rings. The van der Waals surface area contributed by atoms with Crippen LogP contribution in [0.15, 0.2) is 48.5 Å². The lowest BCUT2D eigenvalue weighted by molar-refractivity contribution is -0.116. The number of benzene rings is 2. The Balaban J connectivity index is 1.73. The van der Waals surface area contributed by atoms with Gasteiger partial charge in [-0.25, -0.2) is 8.78 Å². The van der Waals surface area contributed by atoms with Gasteiger partial charge < -0.3 is 10.6 Å². The van der Waals surface area contributed by atoms with E-state index in [1.807, 2.05) is 30.3 Å². The van der Waals surface area contributed by atoms with Gasteiger partial charge in [0.15, 0.2) is 17.5 Å². The first-order chi connectivity index (χ1) is 13.4. The van der Waals surface area contributed by atoms with Crippen molar-refractivity contribution in [3.63, 3.8) is 0 Å². The average Bonchev–Trinajstić information content (AvgIpc) is 2.99. The van der Waals surface area contributed by atoms with E-state index < -0.39 is 17.5 Å². The van der Waals surface area contributed by atoms with Gasteiger partial charge in [-0.1, -0.05) is 30.3 Å². The molecule has 2 amide bonds. The zero-order valence-corrected chi connectivity index (χ0v) is 14.9. The van der Waals surface area contributed by atoms with Crippen molar-refractivity contribution in [1.82, 2.24) is 9.78 Å². The van der Waals surface area contributed by atoms with Crippen LogP contribution in [-0.4, -0.2) is 21.6 Å². The van der Waals surface area contributed by atoms with E-state index in [2.05, 4.69) is 15.7 Å². The van der Waals surface area contributed by atoms with Crippen LogP contribution in [-0.2, 0) is 11.8 Å². The highest BCUT2D eigenvalue weighted by atomic mass is 19.2. The summed E-state index contributed by atoms with van der Waals surface area (Å²) in [6, 6.07) is 12.3. The molecule has 2 heterocycles. The molecule has 1 aliphatic heterocycles. The number of nitrogens with zero attached hydrogens (tertiary/aromatic N) is 2. The molecule has 0 bridgehead atoms. The van der Waals surface area contributed by atoms with Gasteiger partial charge in [-0.2, -0.15) is 5.10 Å². The number of amides is 2. The fourth-order valence-electron chi connectivity index (χ4n) is 3.37. The second-order valence-corrected chi connectivity index (χ2v) is 6.53. The monoisotopic (exact) mass is 382 g/mol. The maximum Gasteiger partial charge on any atom is 0.256 e. The standard InChI is InChI=1S/C20H16F2N4O2/c1-26-19-17(13(10-16(27)23-19)11-5-3-2-4-6-11)18(25-26)24-20(28)12-7-8-14(21)15(22)9-12/h2-9,13H,10H2,1H3,(H,23,27)(H,24,25,28)/t13-/m1/s1. The summed E-state index contributed by atoms with van der Waals surface area (Å²) in [5, 5.41) is 9.75. The molecule has 2 aromatic carbocycles. The summed E-state index contributed by atoms with van der Waals surface area (Å²) in [7, 11) is 1.65. The highest BCUT2D eigenvalue weighted by molar-refractivity contribution is 6.05. The van der Waals surface area contributed by atoms with Crippen molar-refractivity contribution in [3.05, 3.63) is 76.9 Å². The van der Waals surface area contributed by atoms with Crippen LogP contribution in [0, 0.1) is 11.6 Å². The van der Waals surface area contributed by atoms with Gasteiger partial charge in [0.1, 0.15) is 5.82 Å². The molecule has 6 nitrogen and oxygen atoms in total. The molecule has 0 radical (unpaired) electrons. The molecule has 3 aromatic rings. The summed E-state index contributed by atoms with van der Waals surface area (Å²) in [5.74, 6) is -2.44. The second kappa shape index (κ2) is 6.88. The Labute approximate surface area is 159 Å². The third kappa shape index (κ3) is 3.13. The zero-order chi connectivity index (χ0) is 19.8. The number of hydrogen-bond acceptors (Lipinski definition) is 3. The molecule has 4 rings (SSSR count). The van der Waals surface area contributed by atoms with Gasteiger partial charge in [0.25, 0.3) is 5.91 Å². The van der Waals surface area contributed by atoms with Crippen molar-refractivity contribution in [2.24, 2.45) is 7.05 Å². The Morgan fingerprint density at radius 3 is 2.64 bits per heavy atom. The third-order valence-electron chi connectivity index (χ3n) is 4.70. The predicted octanol–water partition coefficient (Wildman–Crippen LogP) is 3.42. The zero-order valence-electron chi connectivity index (χ0n) is 14.9. The van der Waals surface area contributed by atoms with Gasteiger partial charge in [0.2, 0.25) is 5.91 Å². The van der Waals surface area contributed by atoms with Crippen LogP contribution < -0.4 is 10.6 Å². The molecule has 0 unspecified atom stereocenters. The van der Waals surface area contributed by atoms with Gasteiger partial charge >= 0.3 is 0 Å². The number of rotatable bonds is 3. The van der Waals surface area contributed by atoms with Crippen molar-refractivity contribution in [2.45, 2.75) is 12.3 Å². The minimum Gasteiger partial charge on any atom is -0.311 e. The molecular formula is C20H16F2N4O2. The number of aryl methyl sites for hydroxylation is 1. The Bertz CT molecular complexity index is 1080. The molecular weight excluding hydrogens is 366 g/mol. The molecule has 0 spiro atoms. The topological polar surface area (TPSA) is 76.0 Å². The number of halogens is 2. The highest BCUT2D eigenvalue weighted by Gasteiger charge is 2.33. The smallest absolute Gasteiger partial charge is 0.256 e. The van der Waals surface area contributed by atoms with Gasteiger partial charge in [0, 0.05) is 30.5 Å². The lowest BCUT2D eigenvalue weighted by atomic mass is 9.86. The van der Waals surface area contributed by atoms with Crippen LogP contribution in [0.3, 0.4) is 0 Å². The maximum atomic E-state index is 13.5. The Kier molecular flexibility index (Phi) is 4.38. The Hall–Kier alpha value is -3.55. The minimum atomic E-state index is -1.11. The number of anilines is 2. The normalized spacial score (nSPS) is 15.7. The van der Waals surface area contributed by atoms with Gasteiger partial charge in [-0.3, -0.25) is 14.3 Å². The number of aromatic nitrogens is 2. The Morgan fingerprint density at radius 2 is 1.93 bits per heavy atom. The number of carbonyl (C=O) groups excluding carboxylic acids is 2. The van der Waals surface area contributed by atoms with Crippen LogP contribution in [0.25, 0.3) is 0 Å². The number of fused-ring (bicyclic) bond motifs is 1. The largest absolute Gasteiger partial charge is 0.311 e. The first-order valence-electron chi connectivity index (χ1n) is 8.62. The highest BCUT2D eigenvalue weighted by Crippen LogP contribution is 2.41. The van der Waals surface area contributed by atoms with Crippen LogP contribution in [0.5, 0.6) is 0 Å². The number of hydrogen-bond donors (Lipinski definition) is 2. The molecule has 2 N–H and O–H groups in total. The molecule has 28 heavy (non-hydrogen) atoms. The van der Waals surface area contributed by atoms with E-state index >= 15 is 0 Å². The predicted molar refractivity (Wildman–Crippen MR) is 99.1 cm³/mol. The van der Waals surface area contributed by atoms with E-state index in [1.165, 1.54) is 10.7 Å². The third-order valence-corrected chi connectivity index (χ3v) is 4.70. The fourth-order valence-corrected chi connectivity index (χ4v) is 3.37. The first kappa shape index (κ1) is 17.8. The van der Waals surface area contributed by atoms with Crippen molar-refractivity contribution < 1.29 is 18.4 Å². The first-order valence-corrected chi connectivity index (χ1v) is 8.62. The summed E-state index contributed by atoms with van der Waals surface area (Å²) >= 11 is 0. The van der Waals surface area contributed by atoms with Crippen molar-refractivity contribution in [2.75, 3.05) is 10.6 Å². The molecule has 0 aliphatic carbocycles. The van der Waals surface area contributed by atoms with E-state index in [4.69, 9.17) is 0 Å². The van der Waals surface area contributed by atoms with Crippen molar-refractivity contribution >= 4 is 23.5 Å². The summed E-state index contributed by atoms with van der Waals surface area (Å²) in [6.45, 7) is 0. The van der Waals surface area contributed by atoms with Gasteiger partial charge in [-0.05, 0) is 23.8 Å². The molecule has 0 saturated heterocycles. The molecule has 8 heteroatoms. The quantitative estimate of drug-likeness (QED) is 0.729. The molecule has 1 aromatic heterocycles. The summed E-state index contributed by atoms with van der Waals surface area (Å²) in [6.07, 6.45) is 0.205. The summed E-state index contributed by atoms with van der Waals surface area (Å²) < 4.78 is 28.1. The van der Waals surface area contributed by atoms with E-state index in [0.29, 0.717) is 11.4 Å². The summed E-state index contributed by atoms with van der Waals surface area (Å²) in [5.41, 5.74) is 1.55. The molecule has 0 saturated carbocycles. The van der Waals surface area contributed by atoms with E-state index in [-0.39, 0.29) is 29.6 Å². The molecule has 1 atom stereocenters. The SMILES string of the molecule is Cn1nc(NC(=O)c2ccc(F)c(F)c2)c2c1NC(=O)C[C@@H]2c1ccccc1. The fraction of sp³-hybridized carbons (Fsp3) is 0.150. The van der Waals surface area contributed by atoms with Crippen LogP contribution in [0.4, 0.5) is 20.4 Å². The van der Waals surface area contributed by atoms with Crippen LogP contribution >= 0.6 is 0 Å². The molecule has 0 fully saturated rings. The number of nitrogens with one attached hydrogen (secondary N) is 2. The molecule has 142 valence electrons. The van der Waals surface area contributed by atoms with Gasteiger partial charge in [0.05, 0.1) is 0 Å². The van der Waals surface area contributed by atoms with E-state index in [0.717, 1.165) is 17.7 Å². The van der Waals surface area contributed by atoms with Crippen molar-refractivity contribution in [3.8, 4) is 0 Å². The average molecular weight is 382 g/mol. The lowest BCUT2D eigenvalue weighted by Gasteiger charge is -2.24. The number of carbonyl (C=O) groups is 2. The van der Waals surface area contributed by atoms with E-state index in [9.17, 15) is 18.4 Å². The van der Waals surface area contributed by atoms with Crippen molar-refractivity contribution in [1.29, 1.82) is 0 Å².